The zero-order valence-corrected chi connectivity index (χ0v) is 17.6. The van der Waals surface area contributed by atoms with E-state index in [1.165, 1.54) is 11.1 Å². The molecular weight excluding hydrogens is 376 g/mol. The van der Waals surface area contributed by atoms with Crippen LogP contribution >= 0.6 is 0 Å². The lowest BCUT2D eigenvalue weighted by molar-refractivity contribution is 0.0700. The molecule has 0 aliphatic carbocycles. The maximum absolute atomic E-state index is 12.3. The summed E-state index contributed by atoms with van der Waals surface area (Å²) in [4.78, 5) is 19.0. The fourth-order valence-electron chi connectivity index (χ4n) is 4.03. The molecule has 0 bridgehead atoms. The standard InChI is InChI=1S/C24H32N4O2/c29-24(30-20-23-4-2-1-3-5-23)28-16-14-27(15-17-28)19-22-8-6-21(7-9-22)18-26-12-10-25-11-13-26/h1-9,25H,10-20H2. The molecule has 0 saturated carbocycles. The number of ether oxygens (including phenoxy) is 1. The largest absolute Gasteiger partial charge is 0.445 e. The molecule has 0 atom stereocenters. The van der Waals surface area contributed by atoms with E-state index in [-0.39, 0.29) is 6.09 Å². The molecule has 1 N–H and O–H groups in total. The molecule has 2 saturated heterocycles. The molecule has 6 nitrogen and oxygen atoms in total. The van der Waals surface area contributed by atoms with Gasteiger partial charge in [-0.1, -0.05) is 54.6 Å². The Labute approximate surface area is 179 Å². The van der Waals surface area contributed by atoms with E-state index in [9.17, 15) is 4.79 Å². The first-order valence-electron chi connectivity index (χ1n) is 11.0. The minimum absolute atomic E-state index is 0.212. The normalized spacial score (nSPS) is 18.3. The monoisotopic (exact) mass is 408 g/mol. The molecule has 2 aromatic carbocycles. The Morgan fingerprint density at radius 2 is 1.30 bits per heavy atom. The number of hydrogen-bond donors (Lipinski definition) is 1. The van der Waals surface area contributed by atoms with Crippen molar-refractivity contribution in [3.63, 3.8) is 0 Å². The minimum Gasteiger partial charge on any atom is -0.445 e. The van der Waals surface area contributed by atoms with Crippen LogP contribution in [-0.2, 0) is 24.4 Å². The van der Waals surface area contributed by atoms with Crippen molar-refractivity contribution in [2.24, 2.45) is 0 Å². The summed E-state index contributed by atoms with van der Waals surface area (Å²) >= 11 is 0. The molecule has 0 aromatic heterocycles. The molecule has 4 rings (SSSR count). The van der Waals surface area contributed by atoms with E-state index in [2.05, 4.69) is 39.4 Å². The lowest BCUT2D eigenvalue weighted by Crippen LogP contribution is -2.48. The maximum Gasteiger partial charge on any atom is 0.410 e. The Bertz CT molecular complexity index is 783. The summed E-state index contributed by atoms with van der Waals surface area (Å²) in [7, 11) is 0. The molecule has 0 radical (unpaired) electrons. The van der Waals surface area contributed by atoms with E-state index < -0.39 is 0 Å². The van der Waals surface area contributed by atoms with Crippen LogP contribution in [-0.4, -0.2) is 73.2 Å². The Morgan fingerprint density at radius 3 is 1.90 bits per heavy atom. The summed E-state index contributed by atoms with van der Waals surface area (Å²) < 4.78 is 5.46. The molecule has 2 aromatic rings. The summed E-state index contributed by atoms with van der Waals surface area (Å²) in [6.45, 7) is 9.91. The highest BCUT2D eigenvalue weighted by molar-refractivity contribution is 5.67. The molecule has 30 heavy (non-hydrogen) atoms. The van der Waals surface area contributed by atoms with Crippen LogP contribution in [0, 0.1) is 0 Å². The molecule has 2 heterocycles. The van der Waals surface area contributed by atoms with Gasteiger partial charge in [0.15, 0.2) is 0 Å². The number of carbonyl (C=O) groups excluding carboxylic acids is 1. The number of nitrogens with one attached hydrogen (secondary N) is 1. The maximum atomic E-state index is 12.3. The Hall–Kier alpha value is -2.41. The van der Waals surface area contributed by atoms with Gasteiger partial charge in [-0.05, 0) is 16.7 Å². The number of benzene rings is 2. The average molecular weight is 409 g/mol. The summed E-state index contributed by atoms with van der Waals surface area (Å²) in [6.07, 6.45) is -0.212. The van der Waals surface area contributed by atoms with Crippen LogP contribution in [0.2, 0.25) is 0 Å². The van der Waals surface area contributed by atoms with Crippen molar-refractivity contribution in [3.8, 4) is 0 Å². The van der Waals surface area contributed by atoms with Gasteiger partial charge in [0.2, 0.25) is 0 Å². The average Bonchev–Trinajstić information content (AvgIpc) is 2.81. The lowest BCUT2D eigenvalue weighted by Gasteiger charge is -2.34. The molecule has 2 aliphatic rings. The number of piperazine rings is 2. The topological polar surface area (TPSA) is 48.1 Å². The smallest absolute Gasteiger partial charge is 0.410 e. The van der Waals surface area contributed by atoms with Crippen LogP contribution in [0.5, 0.6) is 0 Å². The van der Waals surface area contributed by atoms with E-state index in [0.717, 1.165) is 57.9 Å². The number of amides is 1. The van der Waals surface area contributed by atoms with Gasteiger partial charge in [0, 0.05) is 65.4 Å². The second kappa shape index (κ2) is 10.6. The number of nitrogens with zero attached hydrogens (tertiary/aromatic N) is 3. The summed E-state index contributed by atoms with van der Waals surface area (Å²) in [5.74, 6) is 0. The molecule has 2 fully saturated rings. The SMILES string of the molecule is O=C(OCc1ccccc1)N1CCN(Cc2ccc(CN3CCNCC3)cc2)CC1. The highest BCUT2D eigenvalue weighted by Crippen LogP contribution is 2.13. The molecule has 6 heteroatoms. The third-order valence-corrected chi connectivity index (χ3v) is 5.88. The van der Waals surface area contributed by atoms with Gasteiger partial charge < -0.3 is 15.0 Å². The summed E-state index contributed by atoms with van der Waals surface area (Å²) in [5, 5.41) is 3.40. The Balaban J connectivity index is 1.18. The zero-order chi connectivity index (χ0) is 20.6. The second-order valence-corrected chi connectivity index (χ2v) is 8.15. The second-order valence-electron chi connectivity index (χ2n) is 8.15. The number of hydrogen-bond acceptors (Lipinski definition) is 5. The van der Waals surface area contributed by atoms with Crippen LogP contribution in [0.3, 0.4) is 0 Å². The van der Waals surface area contributed by atoms with Crippen molar-refractivity contribution in [3.05, 3.63) is 71.3 Å². The highest BCUT2D eigenvalue weighted by Gasteiger charge is 2.22. The van der Waals surface area contributed by atoms with Crippen LogP contribution in [0.25, 0.3) is 0 Å². The molecule has 0 unspecified atom stereocenters. The molecule has 160 valence electrons. The predicted octanol–water partition coefficient (Wildman–Crippen LogP) is 2.55. The summed E-state index contributed by atoms with van der Waals surface area (Å²) in [6, 6.07) is 18.8. The van der Waals surface area contributed by atoms with E-state index in [0.29, 0.717) is 19.7 Å². The third-order valence-electron chi connectivity index (χ3n) is 5.88. The quantitative estimate of drug-likeness (QED) is 0.796. The van der Waals surface area contributed by atoms with E-state index in [1.54, 1.807) is 0 Å². The van der Waals surface area contributed by atoms with Gasteiger partial charge in [-0.15, -0.1) is 0 Å². The van der Waals surface area contributed by atoms with Gasteiger partial charge in [-0.3, -0.25) is 9.80 Å². The number of rotatable bonds is 6. The Kier molecular flexibility index (Phi) is 7.34. The fourth-order valence-corrected chi connectivity index (χ4v) is 4.03. The van der Waals surface area contributed by atoms with Crippen molar-refractivity contribution in [1.82, 2.24) is 20.0 Å². The summed E-state index contributed by atoms with van der Waals surface area (Å²) in [5.41, 5.74) is 3.73. The fraction of sp³-hybridized carbons (Fsp3) is 0.458. The number of carbonyl (C=O) groups is 1. The highest BCUT2D eigenvalue weighted by atomic mass is 16.6. The first-order valence-corrected chi connectivity index (χ1v) is 11.0. The van der Waals surface area contributed by atoms with Crippen LogP contribution < -0.4 is 5.32 Å². The first kappa shape index (κ1) is 20.8. The van der Waals surface area contributed by atoms with Crippen molar-refractivity contribution in [2.45, 2.75) is 19.7 Å². The van der Waals surface area contributed by atoms with Gasteiger partial charge >= 0.3 is 6.09 Å². The molecule has 1 amide bonds. The van der Waals surface area contributed by atoms with Gasteiger partial charge in [0.25, 0.3) is 0 Å². The minimum atomic E-state index is -0.212. The lowest BCUT2D eigenvalue weighted by atomic mass is 10.1. The van der Waals surface area contributed by atoms with E-state index >= 15 is 0 Å². The molecule has 2 aliphatic heterocycles. The van der Waals surface area contributed by atoms with Crippen LogP contribution in [0.4, 0.5) is 4.79 Å². The van der Waals surface area contributed by atoms with Crippen molar-refractivity contribution in [1.29, 1.82) is 0 Å². The third kappa shape index (κ3) is 6.05. The Morgan fingerprint density at radius 1 is 0.733 bits per heavy atom. The van der Waals surface area contributed by atoms with Gasteiger partial charge in [-0.25, -0.2) is 4.79 Å². The van der Waals surface area contributed by atoms with E-state index in [1.807, 2.05) is 35.2 Å². The van der Waals surface area contributed by atoms with Gasteiger partial charge in [0.05, 0.1) is 0 Å². The first-order chi connectivity index (χ1) is 14.8. The molecular formula is C24H32N4O2. The van der Waals surface area contributed by atoms with Gasteiger partial charge in [0.1, 0.15) is 6.61 Å². The van der Waals surface area contributed by atoms with Crippen molar-refractivity contribution in [2.75, 3.05) is 52.4 Å². The predicted molar refractivity (Wildman–Crippen MR) is 118 cm³/mol. The van der Waals surface area contributed by atoms with Gasteiger partial charge in [-0.2, -0.15) is 0 Å². The van der Waals surface area contributed by atoms with Crippen LogP contribution in [0.1, 0.15) is 16.7 Å². The van der Waals surface area contributed by atoms with Crippen LogP contribution in [0.15, 0.2) is 54.6 Å². The van der Waals surface area contributed by atoms with Crippen molar-refractivity contribution >= 4 is 6.09 Å². The van der Waals surface area contributed by atoms with Crippen molar-refractivity contribution < 1.29 is 9.53 Å². The zero-order valence-electron chi connectivity index (χ0n) is 17.6. The van der Waals surface area contributed by atoms with E-state index in [4.69, 9.17) is 4.74 Å². The molecule has 0 spiro atoms.